The third-order valence-electron chi connectivity index (χ3n) is 2.50. The number of nitrogens with zero attached hydrogens (tertiary/aromatic N) is 2. The third kappa shape index (κ3) is 3.59. The molecule has 0 aliphatic carbocycles. The number of sulfone groups is 1. The highest BCUT2D eigenvalue weighted by atomic mass is 32.2. The molecule has 1 aromatic carbocycles. The van der Waals surface area contributed by atoms with Gasteiger partial charge < -0.3 is 5.32 Å². The van der Waals surface area contributed by atoms with Crippen LogP contribution in [0.25, 0.3) is 10.6 Å². The summed E-state index contributed by atoms with van der Waals surface area (Å²) in [7, 11) is -3.20. The maximum absolute atomic E-state index is 11.5. The summed E-state index contributed by atoms with van der Waals surface area (Å²) in [6.07, 6.45) is 1.20. The summed E-state index contributed by atoms with van der Waals surface area (Å²) in [4.78, 5) is 0.299. The number of rotatable bonds is 5. The summed E-state index contributed by atoms with van der Waals surface area (Å²) in [6.45, 7) is 3.58. The molecule has 0 aliphatic rings. The summed E-state index contributed by atoms with van der Waals surface area (Å²) in [6, 6.07) is 6.77. The van der Waals surface area contributed by atoms with E-state index >= 15 is 0 Å². The van der Waals surface area contributed by atoms with Gasteiger partial charge in [0.2, 0.25) is 0 Å². The van der Waals surface area contributed by atoms with Crippen molar-refractivity contribution in [2.75, 3.05) is 12.8 Å². The van der Waals surface area contributed by atoms with E-state index in [4.69, 9.17) is 0 Å². The Hall–Kier alpha value is -1.31. The average Bonchev–Trinajstić information content (AvgIpc) is 2.84. The Kier molecular flexibility index (Phi) is 4.28. The number of hydrogen-bond acceptors (Lipinski definition) is 6. The monoisotopic (exact) mass is 297 g/mol. The van der Waals surface area contributed by atoms with Crippen LogP contribution in [0.2, 0.25) is 0 Å². The lowest BCUT2D eigenvalue weighted by Gasteiger charge is -2.00. The van der Waals surface area contributed by atoms with E-state index in [-0.39, 0.29) is 0 Å². The molecule has 0 radical (unpaired) electrons. The summed E-state index contributed by atoms with van der Waals surface area (Å²) >= 11 is 1.47. The maximum atomic E-state index is 11.5. The molecule has 0 bridgehead atoms. The third-order valence-corrected chi connectivity index (χ3v) is 4.58. The summed E-state index contributed by atoms with van der Waals surface area (Å²) < 4.78 is 23.0. The van der Waals surface area contributed by atoms with Crippen LogP contribution < -0.4 is 5.32 Å². The zero-order valence-corrected chi connectivity index (χ0v) is 12.4. The Labute approximate surface area is 116 Å². The molecular formula is C12H15N3O2S2. The number of aromatic nitrogens is 2. The molecule has 0 atom stereocenters. The first-order chi connectivity index (χ1) is 9.00. The van der Waals surface area contributed by atoms with Gasteiger partial charge in [-0.2, -0.15) is 0 Å². The molecule has 0 fully saturated rings. The molecule has 0 saturated carbocycles. The van der Waals surface area contributed by atoms with Crippen LogP contribution in [-0.2, 0) is 16.4 Å². The quantitative estimate of drug-likeness (QED) is 0.909. The van der Waals surface area contributed by atoms with Gasteiger partial charge in [-0.25, -0.2) is 8.42 Å². The number of nitrogens with one attached hydrogen (secondary N) is 1. The van der Waals surface area contributed by atoms with Gasteiger partial charge in [0.1, 0.15) is 10.0 Å². The van der Waals surface area contributed by atoms with Gasteiger partial charge in [-0.05, 0) is 18.7 Å². The van der Waals surface area contributed by atoms with Gasteiger partial charge in [-0.3, -0.25) is 0 Å². The van der Waals surface area contributed by atoms with E-state index in [1.54, 1.807) is 18.2 Å². The highest BCUT2D eigenvalue weighted by Crippen LogP contribution is 2.25. The summed E-state index contributed by atoms with van der Waals surface area (Å²) in [5, 5.41) is 13.0. The molecule has 0 amide bonds. The molecule has 19 heavy (non-hydrogen) atoms. The average molecular weight is 297 g/mol. The molecule has 2 aromatic rings. The van der Waals surface area contributed by atoms with Crippen LogP contribution in [0.3, 0.4) is 0 Å². The first-order valence-electron chi connectivity index (χ1n) is 5.84. The van der Waals surface area contributed by atoms with Crippen molar-refractivity contribution in [3.05, 3.63) is 29.3 Å². The molecule has 0 spiro atoms. The second-order valence-corrected chi connectivity index (χ2v) is 7.16. The molecule has 1 N–H and O–H groups in total. The number of benzene rings is 1. The van der Waals surface area contributed by atoms with Crippen molar-refractivity contribution in [2.45, 2.75) is 18.4 Å². The molecule has 0 saturated heterocycles. The molecule has 2 rings (SSSR count). The fraction of sp³-hybridized carbons (Fsp3) is 0.333. The molecule has 7 heteroatoms. The topological polar surface area (TPSA) is 72.0 Å². The Morgan fingerprint density at radius 1 is 1.32 bits per heavy atom. The first-order valence-corrected chi connectivity index (χ1v) is 8.55. The highest BCUT2D eigenvalue weighted by molar-refractivity contribution is 7.90. The highest BCUT2D eigenvalue weighted by Gasteiger charge is 2.11. The van der Waals surface area contributed by atoms with Gasteiger partial charge in [0.25, 0.3) is 0 Å². The van der Waals surface area contributed by atoms with Gasteiger partial charge >= 0.3 is 0 Å². The van der Waals surface area contributed by atoms with Crippen molar-refractivity contribution in [1.29, 1.82) is 0 Å². The lowest BCUT2D eigenvalue weighted by Crippen LogP contribution is -2.11. The molecule has 0 unspecified atom stereocenters. The zero-order chi connectivity index (χ0) is 13.9. The van der Waals surface area contributed by atoms with E-state index in [1.165, 1.54) is 17.6 Å². The molecular weight excluding hydrogens is 282 g/mol. The van der Waals surface area contributed by atoms with E-state index in [0.29, 0.717) is 11.4 Å². The second-order valence-electron chi connectivity index (χ2n) is 4.08. The van der Waals surface area contributed by atoms with Crippen molar-refractivity contribution in [3.8, 4) is 10.6 Å². The minimum atomic E-state index is -3.20. The van der Waals surface area contributed by atoms with Crippen LogP contribution in [0.15, 0.2) is 29.2 Å². The van der Waals surface area contributed by atoms with Gasteiger partial charge in [0.15, 0.2) is 9.84 Å². The SMILES string of the molecule is CCNCc1nnc(-c2cccc(S(C)(=O)=O)c2)s1. The number of hydrogen-bond donors (Lipinski definition) is 1. The van der Waals surface area contributed by atoms with Crippen molar-refractivity contribution in [2.24, 2.45) is 0 Å². The zero-order valence-electron chi connectivity index (χ0n) is 10.8. The van der Waals surface area contributed by atoms with Crippen LogP contribution >= 0.6 is 11.3 Å². The van der Waals surface area contributed by atoms with E-state index in [2.05, 4.69) is 15.5 Å². The van der Waals surface area contributed by atoms with Crippen LogP contribution in [-0.4, -0.2) is 31.4 Å². The largest absolute Gasteiger partial charge is 0.311 e. The predicted octanol–water partition coefficient (Wildman–Crippen LogP) is 1.72. The van der Waals surface area contributed by atoms with Gasteiger partial charge in [-0.15, -0.1) is 10.2 Å². The Morgan fingerprint density at radius 3 is 2.79 bits per heavy atom. The Morgan fingerprint density at radius 2 is 2.11 bits per heavy atom. The Balaban J connectivity index is 2.29. The normalized spacial score (nSPS) is 11.7. The van der Waals surface area contributed by atoms with E-state index < -0.39 is 9.84 Å². The first kappa shape index (κ1) is 14.1. The van der Waals surface area contributed by atoms with Crippen molar-refractivity contribution in [1.82, 2.24) is 15.5 Å². The van der Waals surface area contributed by atoms with Crippen molar-refractivity contribution < 1.29 is 8.42 Å². The predicted molar refractivity (Wildman–Crippen MR) is 75.8 cm³/mol. The second kappa shape index (κ2) is 5.77. The van der Waals surface area contributed by atoms with Crippen LogP contribution in [0.1, 0.15) is 11.9 Å². The van der Waals surface area contributed by atoms with Gasteiger partial charge in [0.05, 0.1) is 4.90 Å². The molecule has 0 aliphatic heterocycles. The summed E-state index contributed by atoms with van der Waals surface area (Å²) in [5.41, 5.74) is 0.781. The molecule has 5 nitrogen and oxygen atoms in total. The standard InChI is InChI=1S/C12H15N3O2S2/c1-3-13-8-11-14-15-12(18-11)9-5-4-6-10(7-9)19(2,16)17/h4-7,13H,3,8H2,1-2H3. The van der Waals surface area contributed by atoms with E-state index in [0.717, 1.165) is 22.1 Å². The molecule has 1 aromatic heterocycles. The minimum absolute atomic E-state index is 0.299. The lowest BCUT2D eigenvalue weighted by molar-refractivity contribution is 0.602. The molecule has 102 valence electrons. The van der Waals surface area contributed by atoms with Crippen molar-refractivity contribution in [3.63, 3.8) is 0 Å². The van der Waals surface area contributed by atoms with Crippen LogP contribution in [0.5, 0.6) is 0 Å². The summed E-state index contributed by atoms with van der Waals surface area (Å²) in [5.74, 6) is 0. The molecule has 1 heterocycles. The maximum Gasteiger partial charge on any atom is 0.175 e. The smallest absolute Gasteiger partial charge is 0.175 e. The van der Waals surface area contributed by atoms with Gasteiger partial charge in [-0.1, -0.05) is 30.4 Å². The van der Waals surface area contributed by atoms with Crippen molar-refractivity contribution >= 4 is 21.2 Å². The lowest BCUT2D eigenvalue weighted by atomic mass is 10.2. The van der Waals surface area contributed by atoms with E-state index in [1.807, 2.05) is 13.0 Å². The fourth-order valence-corrected chi connectivity index (χ4v) is 3.01. The van der Waals surface area contributed by atoms with Crippen LogP contribution in [0, 0.1) is 0 Å². The van der Waals surface area contributed by atoms with Gasteiger partial charge in [0, 0.05) is 18.4 Å². The minimum Gasteiger partial charge on any atom is -0.311 e. The fourth-order valence-electron chi connectivity index (χ4n) is 1.53. The van der Waals surface area contributed by atoms with E-state index in [9.17, 15) is 8.42 Å². The Bertz CT molecular complexity index is 665. The van der Waals surface area contributed by atoms with Crippen LogP contribution in [0.4, 0.5) is 0 Å².